The van der Waals surface area contributed by atoms with Gasteiger partial charge in [0, 0.05) is 19.6 Å². The molecule has 0 spiro atoms. The van der Waals surface area contributed by atoms with E-state index in [1.807, 2.05) is 0 Å². The van der Waals surface area contributed by atoms with E-state index in [4.69, 9.17) is 0 Å². The quantitative estimate of drug-likeness (QED) is 0.863. The van der Waals surface area contributed by atoms with E-state index in [0.29, 0.717) is 26.1 Å². The van der Waals surface area contributed by atoms with E-state index >= 15 is 0 Å². The molecule has 0 aliphatic carbocycles. The molecule has 1 heterocycles. The van der Waals surface area contributed by atoms with Crippen LogP contribution in [0.4, 0.5) is 18.9 Å². The van der Waals surface area contributed by atoms with Crippen molar-refractivity contribution in [3.63, 3.8) is 0 Å². The van der Waals surface area contributed by atoms with Gasteiger partial charge in [-0.2, -0.15) is 13.2 Å². The summed E-state index contributed by atoms with van der Waals surface area (Å²) in [6.45, 7) is 1.38. The standard InChI is InChI=1S/C15H20F3N3O3S/c1-25(23,24)21-8-4-7-20(9-10-21)11-14(22)19-13-6-3-2-5-12(13)15(16,17)18/h2-3,5-6H,4,7-11H2,1H3,(H,19,22). The number of hydrogen-bond acceptors (Lipinski definition) is 4. The number of carbonyl (C=O) groups excluding carboxylic acids is 1. The van der Waals surface area contributed by atoms with Gasteiger partial charge in [-0.05, 0) is 25.1 Å². The minimum Gasteiger partial charge on any atom is -0.324 e. The highest BCUT2D eigenvalue weighted by molar-refractivity contribution is 7.88. The number of nitrogens with zero attached hydrogens (tertiary/aromatic N) is 2. The number of nitrogens with one attached hydrogen (secondary N) is 1. The van der Waals surface area contributed by atoms with E-state index < -0.39 is 27.7 Å². The number of benzene rings is 1. The Morgan fingerprint density at radius 1 is 1.16 bits per heavy atom. The second kappa shape index (κ2) is 7.71. The Balaban J connectivity index is 1.98. The molecule has 0 unspecified atom stereocenters. The van der Waals surface area contributed by atoms with Crippen LogP contribution in [0.2, 0.25) is 0 Å². The molecule has 1 aliphatic rings. The summed E-state index contributed by atoms with van der Waals surface area (Å²) in [5.74, 6) is -0.565. The number of amides is 1. The first-order chi connectivity index (χ1) is 11.6. The van der Waals surface area contributed by atoms with Crippen LogP contribution in [0.25, 0.3) is 0 Å². The molecule has 1 amide bonds. The van der Waals surface area contributed by atoms with Gasteiger partial charge in [-0.3, -0.25) is 9.69 Å². The summed E-state index contributed by atoms with van der Waals surface area (Å²) in [5.41, 5.74) is -1.19. The molecule has 0 radical (unpaired) electrons. The number of anilines is 1. The lowest BCUT2D eigenvalue weighted by molar-refractivity contribution is -0.137. The Kier molecular flexibility index (Phi) is 6.07. The van der Waals surface area contributed by atoms with Crippen molar-refractivity contribution in [2.45, 2.75) is 12.6 Å². The van der Waals surface area contributed by atoms with E-state index in [0.717, 1.165) is 12.3 Å². The summed E-state index contributed by atoms with van der Waals surface area (Å²) in [5, 5.41) is 2.29. The van der Waals surface area contributed by atoms with Gasteiger partial charge < -0.3 is 5.32 Å². The zero-order chi connectivity index (χ0) is 18.7. The van der Waals surface area contributed by atoms with E-state index in [1.54, 1.807) is 4.90 Å². The van der Waals surface area contributed by atoms with Crippen LogP contribution in [0.3, 0.4) is 0 Å². The maximum Gasteiger partial charge on any atom is 0.418 e. The molecule has 1 aliphatic heterocycles. The molecule has 0 saturated carbocycles. The number of para-hydroxylation sites is 1. The molecule has 0 aromatic heterocycles. The van der Waals surface area contributed by atoms with Crippen LogP contribution in [0.5, 0.6) is 0 Å². The molecular formula is C15H20F3N3O3S. The third-order valence-electron chi connectivity index (χ3n) is 3.89. The lowest BCUT2D eigenvalue weighted by Crippen LogP contribution is -2.37. The Bertz CT molecular complexity index is 722. The fourth-order valence-corrected chi connectivity index (χ4v) is 3.54. The molecule has 1 aromatic rings. The molecule has 6 nitrogen and oxygen atoms in total. The van der Waals surface area contributed by atoms with Crippen molar-refractivity contribution < 1.29 is 26.4 Å². The van der Waals surface area contributed by atoms with Gasteiger partial charge in [-0.15, -0.1) is 0 Å². The normalized spacial score (nSPS) is 17.9. The number of halogens is 3. The average molecular weight is 379 g/mol. The van der Waals surface area contributed by atoms with Gasteiger partial charge >= 0.3 is 6.18 Å². The fraction of sp³-hybridized carbons (Fsp3) is 0.533. The molecule has 140 valence electrons. The molecule has 0 bridgehead atoms. The molecule has 25 heavy (non-hydrogen) atoms. The van der Waals surface area contributed by atoms with Crippen molar-refractivity contribution >= 4 is 21.6 Å². The smallest absolute Gasteiger partial charge is 0.324 e. The molecular weight excluding hydrogens is 359 g/mol. The largest absolute Gasteiger partial charge is 0.418 e. The van der Waals surface area contributed by atoms with Crippen LogP contribution < -0.4 is 5.32 Å². The van der Waals surface area contributed by atoms with Crippen molar-refractivity contribution in [3.05, 3.63) is 29.8 Å². The van der Waals surface area contributed by atoms with Crippen LogP contribution in [0.15, 0.2) is 24.3 Å². The predicted molar refractivity (Wildman–Crippen MR) is 87.5 cm³/mol. The fourth-order valence-electron chi connectivity index (χ4n) is 2.67. The van der Waals surface area contributed by atoms with Gasteiger partial charge in [0.15, 0.2) is 0 Å². The van der Waals surface area contributed by atoms with Crippen molar-refractivity contribution in [1.82, 2.24) is 9.21 Å². The van der Waals surface area contributed by atoms with Gasteiger partial charge in [0.2, 0.25) is 15.9 Å². The summed E-state index contributed by atoms with van der Waals surface area (Å²) in [7, 11) is -3.29. The number of alkyl halides is 3. The lowest BCUT2D eigenvalue weighted by Gasteiger charge is -2.20. The highest BCUT2D eigenvalue weighted by atomic mass is 32.2. The molecule has 1 fully saturated rings. The molecule has 1 saturated heterocycles. The van der Waals surface area contributed by atoms with Crippen molar-refractivity contribution in [2.75, 3.05) is 44.3 Å². The Morgan fingerprint density at radius 3 is 2.48 bits per heavy atom. The summed E-state index contributed by atoms with van der Waals surface area (Å²) in [6, 6.07) is 4.79. The Labute approximate surface area is 144 Å². The summed E-state index contributed by atoms with van der Waals surface area (Å²) in [4.78, 5) is 13.8. The van der Waals surface area contributed by atoms with Crippen LogP contribution in [0, 0.1) is 0 Å². The van der Waals surface area contributed by atoms with Crippen LogP contribution >= 0.6 is 0 Å². The van der Waals surface area contributed by atoms with Gasteiger partial charge in [-0.25, -0.2) is 12.7 Å². The SMILES string of the molecule is CS(=O)(=O)N1CCCN(CC(=O)Nc2ccccc2C(F)(F)F)CC1. The van der Waals surface area contributed by atoms with Gasteiger partial charge in [-0.1, -0.05) is 12.1 Å². The van der Waals surface area contributed by atoms with Gasteiger partial charge in [0.25, 0.3) is 0 Å². The Morgan fingerprint density at radius 2 is 1.84 bits per heavy atom. The van der Waals surface area contributed by atoms with Crippen molar-refractivity contribution in [1.29, 1.82) is 0 Å². The highest BCUT2D eigenvalue weighted by Crippen LogP contribution is 2.34. The van der Waals surface area contributed by atoms with E-state index in [2.05, 4.69) is 5.32 Å². The Hall–Kier alpha value is -1.65. The number of carbonyl (C=O) groups is 1. The number of sulfonamides is 1. The zero-order valence-electron chi connectivity index (χ0n) is 13.7. The maximum absolute atomic E-state index is 12.9. The third kappa shape index (κ3) is 5.68. The minimum absolute atomic E-state index is 0.0935. The van der Waals surface area contributed by atoms with E-state index in [9.17, 15) is 26.4 Å². The summed E-state index contributed by atoms with van der Waals surface area (Å²) < 4.78 is 63.3. The van der Waals surface area contributed by atoms with E-state index in [1.165, 1.54) is 22.5 Å². The maximum atomic E-state index is 12.9. The number of rotatable bonds is 4. The predicted octanol–water partition coefficient (Wildman–Crippen LogP) is 1.61. The first-order valence-corrected chi connectivity index (χ1v) is 9.56. The number of hydrogen-bond donors (Lipinski definition) is 1. The molecule has 2 rings (SSSR count). The van der Waals surface area contributed by atoms with Crippen LogP contribution in [-0.4, -0.2) is 62.5 Å². The first kappa shape index (κ1) is 19.7. The van der Waals surface area contributed by atoms with E-state index in [-0.39, 0.29) is 18.8 Å². The monoisotopic (exact) mass is 379 g/mol. The van der Waals surface area contributed by atoms with Gasteiger partial charge in [0.05, 0.1) is 24.1 Å². The van der Waals surface area contributed by atoms with Crippen LogP contribution in [0.1, 0.15) is 12.0 Å². The second-order valence-electron chi connectivity index (χ2n) is 5.88. The van der Waals surface area contributed by atoms with Gasteiger partial charge in [0.1, 0.15) is 0 Å². The molecule has 1 N–H and O–H groups in total. The second-order valence-corrected chi connectivity index (χ2v) is 7.87. The summed E-state index contributed by atoms with van der Waals surface area (Å²) >= 11 is 0. The molecule has 1 aromatic carbocycles. The zero-order valence-corrected chi connectivity index (χ0v) is 14.5. The minimum atomic E-state index is -4.55. The topological polar surface area (TPSA) is 69.7 Å². The summed E-state index contributed by atoms with van der Waals surface area (Å²) in [6.07, 6.45) is -2.87. The van der Waals surface area contributed by atoms with Crippen molar-refractivity contribution in [3.8, 4) is 0 Å². The van der Waals surface area contributed by atoms with Crippen molar-refractivity contribution in [2.24, 2.45) is 0 Å². The molecule has 0 atom stereocenters. The third-order valence-corrected chi connectivity index (χ3v) is 5.19. The highest BCUT2D eigenvalue weighted by Gasteiger charge is 2.33. The first-order valence-electron chi connectivity index (χ1n) is 7.71. The average Bonchev–Trinajstić information content (AvgIpc) is 2.72. The molecule has 10 heteroatoms. The van der Waals surface area contributed by atoms with Crippen LogP contribution in [-0.2, 0) is 21.0 Å². The lowest BCUT2D eigenvalue weighted by atomic mass is 10.1.